The van der Waals surface area contributed by atoms with Gasteiger partial charge >= 0.3 is 5.97 Å². The SMILES string of the molecule is Cc1c(C(=O)O)ccc2c(C3=CCCCC3)c[nH]c12. The molecule has 0 spiro atoms. The fraction of sp³-hybridized carbons (Fsp3) is 0.312. The molecule has 0 atom stereocenters. The number of allylic oxidation sites excluding steroid dienone is 2. The van der Waals surface area contributed by atoms with Gasteiger partial charge in [-0.15, -0.1) is 0 Å². The quantitative estimate of drug-likeness (QED) is 0.847. The van der Waals surface area contributed by atoms with Gasteiger partial charge in [-0.05, 0) is 49.8 Å². The molecule has 0 aliphatic heterocycles. The number of hydrogen-bond acceptors (Lipinski definition) is 1. The second-order valence-corrected chi connectivity index (χ2v) is 5.14. The number of nitrogens with one attached hydrogen (secondary N) is 1. The number of H-pyrrole nitrogens is 1. The summed E-state index contributed by atoms with van der Waals surface area (Å²) >= 11 is 0. The third-order valence-corrected chi connectivity index (χ3v) is 3.98. The maximum Gasteiger partial charge on any atom is 0.336 e. The Morgan fingerprint density at radius 3 is 2.84 bits per heavy atom. The molecule has 0 saturated heterocycles. The molecule has 1 aromatic carbocycles. The van der Waals surface area contributed by atoms with Crippen LogP contribution in [0, 0.1) is 6.92 Å². The van der Waals surface area contributed by atoms with Gasteiger partial charge in [0.25, 0.3) is 0 Å². The third kappa shape index (κ3) is 1.95. The van der Waals surface area contributed by atoms with Crippen LogP contribution < -0.4 is 0 Å². The highest BCUT2D eigenvalue weighted by molar-refractivity contribution is 6.00. The van der Waals surface area contributed by atoms with Crippen LogP contribution in [0.1, 0.15) is 47.2 Å². The molecule has 2 N–H and O–H groups in total. The Bertz CT molecular complexity index is 679. The molecule has 1 aliphatic carbocycles. The summed E-state index contributed by atoms with van der Waals surface area (Å²) in [5, 5.41) is 10.3. The van der Waals surface area contributed by atoms with E-state index in [1.807, 2.05) is 19.2 Å². The van der Waals surface area contributed by atoms with Gasteiger partial charge < -0.3 is 10.1 Å². The number of aromatic carboxylic acids is 1. The van der Waals surface area contributed by atoms with Gasteiger partial charge in [0.2, 0.25) is 0 Å². The summed E-state index contributed by atoms with van der Waals surface area (Å²) in [6, 6.07) is 3.63. The van der Waals surface area contributed by atoms with Crippen LogP contribution in [0.4, 0.5) is 0 Å². The Labute approximate surface area is 112 Å². The smallest absolute Gasteiger partial charge is 0.336 e. The van der Waals surface area contributed by atoms with Crippen LogP contribution in [0.5, 0.6) is 0 Å². The van der Waals surface area contributed by atoms with Crippen molar-refractivity contribution in [2.45, 2.75) is 32.6 Å². The first-order valence-electron chi connectivity index (χ1n) is 6.72. The first-order chi connectivity index (χ1) is 9.18. The van der Waals surface area contributed by atoms with Gasteiger partial charge in [0.05, 0.1) is 5.56 Å². The van der Waals surface area contributed by atoms with Gasteiger partial charge in [-0.1, -0.05) is 12.1 Å². The van der Waals surface area contributed by atoms with Crippen molar-refractivity contribution in [1.29, 1.82) is 0 Å². The van der Waals surface area contributed by atoms with Crippen molar-refractivity contribution in [3.8, 4) is 0 Å². The summed E-state index contributed by atoms with van der Waals surface area (Å²) in [5.41, 5.74) is 4.75. The second kappa shape index (κ2) is 4.57. The molecule has 1 aliphatic rings. The fourth-order valence-corrected chi connectivity index (χ4v) is 2.92. The average molecular weight is 255 g/mol. The Morgan fingerprint density at radius 2 is 2.16 bits per heavy atom. The van der Waals surface area contributed by atoms with E-state index in [0.717, 1.165) is 29.3 Å². The first-order valence-corrected chi connectivity index (χ1v) is 6.72. The van der Waals surface area contributed by atoms with Gasteiger partial charge in [-0.3, -0.25) is 0 Å². The number of benzene rings is 1. The monoisotopic (exact) mass is 255 g/mol. The lowest BCUT2D eigenvalue weighted by Gasteiger charge is -2.12. The number of aromatic amines is 1. The highest BCUT2D eigenvalue weighted by Crippen LogP contribution is 2.33. The minimum atomic E-state index is -0.868. The highest BCUT2D eigenvalue weighted by Gasteiger charge is 2.15. The second-order valence-electron chi connectivity index (χ2n) is 5.14. The molecule has 0 saturated carbocycles. The summed E-state index contributed by atoms with van der Waals surface area (Å²) < 4.78 is 0. The largest absolute Gasteiger partial charge is 0.478 e. The minimum absolute atomic E-state index is 0.374. The summed E-state index contributed by atoms with van der Waals surface area (Å²) in [5.74, 6) is -0.868. The van der Waals surface area contributed by atoms with Crippen molar-refractivity contribution in [2.75, 3.05) is 0 Å². The topological polar surface area (TPSA) is 53.1 Å². The minimum Gasteiger partial charge on any atom is -0.478 e. The number of aromatic nitrogens is 1. The zero-order valence-electron chi connectivity index (χ0n) is 11.0. The molecular weight excluding hydrogens is 238 g/mol. The Balaban J connectivity index is 2.17. The van der Waals surface area contributed by atoms with Crippen LogP contribution >= 0.6 is 0 Å². The number of hydrogen-bond donors (Lipinski definition) is 2. The maximum atomic E-state index is 11.1. The van der Waals surface area contributed by atoms with E-state index >= 15 is 0 Å². The zero-order valence-corrected chi connectivity index (χ0v) is 11.0. The predicted molar refractivity (Wildman–Crippen MR) is 76.4 cm³/mol. The van der Waals surface area contributed by atoms with Gasteiger partial charge in [-0.25, -0.2) is 4.79 Å². The predicted octanol–water partition coefficient (Wildman–Crippen LogP) is 4.13. The Hall–Kier alpha value is -2.03. The van der Waals surface area contributed by atoms with Crippen molar-refractivity contribution >= 4 is 22.4 Å². The third-order valence-electron chi connectivity index (χ3n) is 3.98. The van der Waals surface area contributed by atoms with E-state index in [-0.39, 0.29) is 0 Å². The number of rotatable bonds is 2. The fourth-order valence-electron chi connectivity index (χ4n) is 2.92. The van der Waals surface area contributed by atoms with Crippen LogP contribution in [0.25, 0.3) is 16.5 Å². The van der Waals surface area contributed by atoms with Gasteiger partial charge in [0.15, 0.2) is 0 Å². The van der Waals surface area contributed by atoms with Crippen LogP contribution in [0.15, 0.2) is 24.4 Å². The van der Waals surface area contributed by atoms with Crippen LogP contribution in [-0.2, 0) is 0 Å². The Kier molecular flexibility index (Phi) is 2.90. The van der Waals surface area contributed by atoms with Crippen molar-refractivity contribution in [1.82, 2.24) is 4.98 Å². The van der Waals surface area contributed by atoms with Gasteiger partial charge in [-0.2, -0.15) is 0 Å². The molecule has 0 bridgehead atoms. The molecule has 1 heterocycles. The summed E-state index contributed by atoms with van der Waals surface area (Å²) in [4.78, 5) is 14.4. The van der Waals surface area contributed by atoms with Crippen LogP contribution in [0.3, 0.4) is 0 Å². The molecular formula is C16H17NO2. The molecule has 3 heteroatoms. The van der Waals surface area contributed by atoms with E-state index in [9.17, 15) is 4.79 Å². The molecule has 0 fully saturated rings. The van der Waals surface area contributed by atoms with Crippen molar-refractivity contribution in [3.63, 3.8) is 0 Å². The number of aryl methyl sites for hydroxylation is 1. The lowest BCUT2D eigenvalue weighted by atomic mass is 9.92. The molecule has 0 amide bonds. The highest BCUT2D eigenvalue weighted by atomic mass is 16.4. The Morgan fingerprint density at radius 1 is 1.32 bits per heavy atom. The van der Waals surface area contributed by atoms with Crippen LogP contribution in [0.2, 0.25) is 0 Å². The van der Waals surface area contributed by atoms with E-state index in [1.165, 1.54) is 24.0 Å². The molecule has 3 rings (SSSR count). The van der Waals surface area contributed by atoms with E-state index in [1.54, 1.807) is 6.07 Å². The van der Waals surface area contributed by atoms with E-state index in [0.29, 0.717) is 5.56 Å². The van der Waals surface area contributed by atoms with E-state index in [2.05, 4.69) is 11.1 Å². The molecule has 19 heavy (non-hydrogen) atoms. The first kappa shape index (κ1) is 12.0. The summed E-state index contributed by atoms with van der Waals surface area (Å²) in [6.45, 7) is 1.86. The van der Waals surface area contributed by atoms with E-state index < -0.39 is 5.97 Å². The number of carbonyl (C=O) groups is 1. The standard InChI is InChI=1S/C16H17NO2/c1-10-12(16(18)19)7-8-13-14(9-17-15(10)13)11-5-3-2-4-6-11/h5,7-9,17H,2-4,6H2,1H3,(H,18,19). The molecule has 0 unspecified atom stereocenters. The average Bonchev–Trinajstić information content (AvgIpc) is 2.84. The molecule has 3 nitrogen and oxygen atoms in total. The number of carboxylic acid groups (broad SMARTS) is 1. The molecule has 0 radical (unpaired) electrons. The van der Waals surface area contributed by atoms with Crippen LogP contribution in [-0.4, -0.2) is 16.1 Å². The summed E-state index contributed by atoms with van der Waals surface area (Å²) in [7, 11) is 0. The normalized spacial score (nSPS) is 15.5. The maximum absolute atomic E-state index is 11.1. The van der Waals surface area contributed by atoms with Crippen molar-refractivity contribution < 1.29 is 9.90 Å². The van der Waals surface area contributed by atoms with Gasteiger partial charge in [0.1, 0.15) is 0 Å². The van der Waals surface area contributed by atoms with Gasteiger partial charge in [0, 0.05) is 22.7 Å². The lowest BCUT2D eigenvalue weighted by Crippen LogP contribution is -1.99. The molecule has 2 aromatic rings. The summed E-state index contributed by atoms with van der Waals surface area (Å²) in [6.07, 6.45) is 9.10. The van der Waals surface area contributed by atoms with E-state index in [4.69, 9.17) is 5.11 Å². The van der Waals surface area contributed by atoms with Crippen molar-refractivity contribution in [2.24, 2.45) is 0 Å². The number of fused-ring (bicyclic) bond motifs is 1. The van der Waals surface area contributed by atoms with Crippen molar-refractivity contribution in [3.05, 3.63) is 41.1 Å². The molecule has 98 valence electrons. The number of carboxylic acids is 1. The lowest BCUT2D eigenvalue weighted by molar-refractivity contribution is 0.0696. The zero-order chi connectivity index (χ0) is 13.4. The molecule has 1 aromatic heterocycles.